The van der Waals surface area contributed by atoms with Crippen LogP contribution in [0.5, 0.6) is 5.75 Å². The number of hydrogen-bond acceptors (Lipinski definition) is 4. The van der Waals surface area contributed by atoms with Crippen LogP contribution in [0.25, 0.3) is 0 Å². The van der Waals surface area contributed by atoms with Crippen LogP contribution in [0.15, 0.2) is 36.5 Å². The van der Waals surface area contributed by atoms with Crippen molar-refractivity contribution in [1.29, 1.82) is 0 Å². The molecule has 1 aromatic heterocycles. The zero-order valence-electron chi connectivity index (χ0n) is 16.7. The van der Waals surface area contributed by atoms with Crippen LogP contribution in [-0.2, 0) is 6.61 Å². The number of pyridine rings is 1. The molecule has 0 aliphatic rings. The van der Waals surface area contributed by atoms with Crippen molar-refractivity contribution in [3.8, 4) is 5.75 Å². The van der Waals surface area contributed by atoms with Gasteiger partial charge in [-0.25, -0.2) is 4.39 Å². The van der Waals surface area contributed by atoms with E-state index in [-0.39, 0.29) is 23.7 Å². The molecule has 146 valence electrons. The zero-order chi connectivity index (χ0) is 20.0. The van der Waals surface area contributed by atoms with Gasteiger partial charge in [-0.05, 0) is 50.2 Å². The van der Waals surface area contributed by atoms with E-state index in [1.54, 1.807) is 24.4 Å². The third-order valence-electron chi connectivity index (χ3n) is 3.95. The van der Waals surface area contributed by atoms with Crippen LogP contribution in [-0.4, -0.2) is 43.0 Å². The van der Waals surface area contributed by atoms with Crippen molar-refractivity contribution in [2.45, 2.75) is 27.4 Å². The van der Waals surface area contributed by atoms with E-state index in [1.165, 1.54) is 12.1 Å². The highest BCUT2D eigenvalue weighted by atomic mass is 19.1. The lowest BCUT2D eigenvalue weighted by atomic mass is 9.93. The van der Waals surface area contributed by atoms with Crippen LogP contribution >= 0.6 is 0 Å². The summed E-state index contributed by atoms with van der Waals surface area (Å²) in [7, 11) is 4.02. The molecule has 1 amide bonds. The smallest absolute Gasteiger partial charge is 0.269 e. The summed E-state index contributed by atoms with van der Waals surface area (Å²) in [6, 6.07) is 8.02. The minimum absolute atomic E-state index is 0.0317. The van der Waals surface area contributed by atoms with E-state index in [1.807, 2.05) is 21.0 Å². The van der Waals surface area contributed by atoms with Crippen LogP contribution in [0.1, 0.15) is 35.5 Å². The fraction of sp³-hybridized carbons (Fsp3) is 0.429. The third kappa shape index (κ3) is 6.98. The molecule has 0 radical (unpaired) electrons. The molecular weight excluding hydrogens is 345 g/mol. The van der Waals surface area contributed by atoms with Gasteiger partial charge in [0.25, 0.3) is 5.91 Å². The van der Waals surface area contributed by atoms with Gasteiger partial charge in [0.15, 0.2) is 0 Å². The standard InChI is InChI=1S/C21H28FN3O2/c1-15-8-17(22)10-18(9-15)27-12-16-6-7-19(23-11-16)20(26)24-13-21(2,3)14-25(4)5/h6-11H,12-14H2,1-5H3,(H,24,26). The van der Waals surface area contributed by atoms with E-state index < -0.39 is 0 Å². The first-order valence-corrected chi connectivity index (χ1v) is 8.92. The lowest BCUT2D eigenvalue weighted by Crippen LogP contribution is -2.40. The monoisotopic (exact) mass is 373 g/mol. The summed E-state index contributed by atoms with van der Waals surface area (Å²) >= 11 is 0. The van der Waals surface area contributed by atoms with Gasteiger partial charge in [0, 0.05) is 30.9 Å². The minimum atomic E-state index is -0.327. The number of nitrogens with zero attached hydrogens (tertiary/aromatic N) is 2. The van der Waals surface area contributed by atoms with E-state index in [9.17, 15) is 9.18 Å². The fourth-order valence-electron chi connectivity index (χ4n) is 2.92. The van der Waals surface area contributed by atoms with Gasteiger partial charge in [0.05, 0.1) is 0 Å². The van der Waals surface area contributed by atoms with Crippen LogP contribution in [0, 0.1) is 18.2 Å². The summed E-state index contributed by atoms with van der Waals surface area (Å²) in [4.78, 5) is 18.6. The van der Waals surface area contributed by atoms with Crippen molar-refractivity contribution in [2.24, 2.45) is 5.41 Å². The molecule has 0 unspecified atom stereocenters. The lowest BCUT2D eigenvalue weighted by Gasteiger charge is -2.28. The summed E-state index contributed by atoms with van der Waals surface area (Å²) in [5.41, 5.74) is 1.94. The summed E-state index contributed by atoms with van der Waals surface area (Å²) in [6.45, 7) is 7.72. The molecule has 0 aliphatic carbocycles. The predicted molar refractivity (Wildman–Crippen MR) is 104 cm³/mol. The number of halogens is 1. The number of aromatic nitrogens is 1. The Morgan fingerprint density at radius 1 is 1.26 bits per heavy atom. The molecule has 0 aliphatic heterocycles. The van der Waals surface area contributed by atoms with Gasteiger partial charge in [-0.15, -0.1) is 0 Å². The largest absolute Gasteiger partial charge is 0.489 e. The highest BCUT2D eigenvalue weighted by Gasteiger charge is 2.20. The average molecular weight is 373 g/mol. The van der Waals surface area contributed by atoms with Gasteiger partial charge in [0.1, 0.15) is 23.9 Å². The number of ether oxygens (including phenoxy) is 1. The second-order valence-corrected chi connectivity index (χ2v) is 7.89. The normalized spacial score (nSPS) is 11.5. The molecule has 2 aromatic rings. The quantitative estimate of drug-likeness (QED) is 0.770. The Morgan fingerprint density at radius 3 is 2.59 bits per heavy atom. The molecule has 2 rings (SSSR count). The van der Waals surface area contributed by atoms with E-state index in [0.29, 0.717) is 18.0 Å². The van der Waals surface area contributed by atoms with Crippen molar-refractivity contribution in [2.75, 3.05) is 27.2 Å². The molecule has 0 spiro atoms. The molecular formula is C21H28FN3O2. The van der Waals surface area contributed by atoms with Gasteiger partial charge in [-0.1, -0.05) is 19.9 Å². The number of rotatable bonds is 8. The molecule has 1 N–H and O–H groups in total. The molecule has 27 heavy (non-hydrogen) atoms. The molecule has 1 heterocycles. The first-order valence-electron chi connectivity index (χ1n) is 8.92. The number of amides is 1. The SMILES string of the molecule is Cc1cc(F)cc(OCc2ccc(C(=O)NCC(C)(C)CN(C)C)nc2)c1. The molecule has 1 aromatic carbocycles. The number of hydrogen-bond donors (Lipinski definition) is 1. The number of carbonyl (C=O) groups excluding carboxylic acids is 1. The second-order valence-electron chi connectivity index (χ2n) is 7.89. The van der Waals surface area contributed by atoms with Gasteiger partial charge >= 0.3 is 0 Å². The Morgan fingerprint density at radius 2 is 2.00 bits per heavy atom. The van der Waals surface area contributed by atoms with Crippen molar-refractivity contribution in [3.05, 3.63) is 59.2 Å². The van der Waals surface area contributed by atoms with Crippen molar-refractivity contribution in [3.63, 3.8) is 0 Å². The highest BCUT2D eigenvalue weighted by Crippen LogP contribution is 2.17. The molecule has 0 saturated carbocycles. The van der Waals surface area contributed by atoms with Crippen LogP contribution in [0.2, 0.25) is 0 Å². The maximum atomic E-state index is 13.4. The van der Waals surface area contributed by atoms with Gasteiger partial charge in [-0.3, -0.25) is 9.78 Å². The van der Waals surface area contributed by atoms with E-state index in [2.05, 4.69) is 29.0 Å². The fourth-order valence-corrected chi connectivity index (χ4v) is 2.92. The summed E-state index contributed by atoms with van der Waals surface area (Å²) in [5.74, 6) is -0.0557. The maximum Gasteiger partial charge on any atom is 0.269 e. The molecule has 6 heteroatoms. The van der Waals surface area contributed by atoms with E-state index in [4.69, 9.17) is 4.74 Å². The number of aryl methyl sites for hydroxylation is 1. The maximum absolute atomic E-state index is 13.4. The summed E-state index contributed by atoms with van der Waals surface area (Å²) < 4.78 is 19.0. The highest BCUT2D eigenvalue weighted by molar-refractivity contribution is 5.92. The van der Waals surface area contributed by atoms with Gasteiger partial charge < -0.3 is 15.0 Å². The van der Waals surface area contributed by atoms with Crippen LogP contribution in [0.4, 0.5) is 4.39 Å². The van der Waals surface area contributed by atoms with Gasteiger partial charge in [0.2, 0.25) is 0 Å². The number of nitrogens with one attached hydrogen (secondary N) is 1. The Bertz CT molecular complexity index is 753. The Kier molecular flexibility index (Phi) is 6.91. The molecule has 0 saturated heterocycles. The van der Waals surface area contributed by atoms with Crippen molar-refractivity contribution < 1.29 is 13.9 Å². The summed E-state index contributed by atoms with van der Waals surface area (Å²) in [6.07, 6.45) is 1.60. The Hall–Kier alpha value is -2.47. The Balaban J connectivity index is 1.89. The lowest BCUT2D eigenvalue weighted by molar-refractivity contribution is 0.0924. The predicted octanol–water partition coefficient (Wildman–Crippen LogP) is 3.43. The molecule has 5 nitrogen and oxygen atoms in total. The first kappa shape index (κ1) is 20.8. The van der Waals surface area contributed by atoms with E-state index in [0.717, 1.165) is 17.7 Å². The molecule has 0 atom stereocenters. The van der Waals surface area contributed by atoms with Gasteiger partial charge in [-0.2, -0.15) is 0 Å². The molecule has 0 bridgehead atoms. The first-order chi connectivity index (χ1) is 12.6. The average Bonchev–Trinajstić information content (AvgIpc) is 2.56. The molecule has 0 fully saturated rings. The Labute approximate surface area is 160 Å². The van der Waals surface area contributed by atoms with E-state index >= 15 is 0 Å². The zero-order valence-corrected chi connectivity index (χ0v) is 16.7. The van der Waals surface area contributed by atoms with Crippen molar-refractivity contribution >= 4 is 5.91 Å². The minimum Gasteiger partial charge on any atom is -0.489 e. The van der Waals surface area contributed by atoms with Crippen molar-refractivity contribution in [1.82, 2.24) is 15.2 Å². The second kappa shape index (κ2) is 8.95. The topological polar surface area (TPSA) is 54.5 Å². The number of carbonyl (C=O) groups is 1. The summed E-state index contributed by atoms with van der Waals surface area (Å²) in [5, 5.41) is 2.93. The van der Waals surface area contributed by atoms with Crippen LogP contribution in [0.3, 0.4) is 0 Å². The van der Waals surface area contributed by atoms with Crippen LogP contribution < -0.4 is 10.1 Å². The number of benzene rings is 1. The third-order valence-corrected chi connectivity index (χ3v) is 3.95.